The molecule has 2 aromatic rings. The lowest BCUT2D eigenvalue weighted by atomic mass is 9.93. The first-order valence-corrected chi connectivity index (χ1v) is 12.3. The number of hydrogen-bond acceptors (Lipinski definition) is 5. The van der Waals surface area contributed by atoms with Gasteiger partial charge in [-0.05, 0) is 69.8 Å². The summed E-state index contributed by atoms with van der Waals surface area (Å²) in [6, 6.07) is 14.5. The van der Waals surface area contributed by atoms with Crippen LogP contribution in [0.4, 0.5) is 0 Å². The van der Waals surface area contributed by atoms with Gasteiger partial charge in [-0.1, -0.05) is 42.0 Å². The average Bonchev–Trinajstić information content (AvgIpc) is 3.26. The number of ether oxygens (including phenoxy) is 1. The topological polar surface area (TPSA) is 62.2 Å². The molecule has 180 valence electrons. The summed E-state index contributed by atoms with van der Waals surface area (Å²) in [6.07, 6.45) is 2.38. The molecular weight excluding hydrogens is 426 g/mol. The fourth-order valence-corrected chi connectivity index (χ4v) is 5.07. The fraction of sp³-hybridized carbons (Fsp3) is 0.464. The zero-order valence-electron chi connectivity index (χ0n) is 20.7. The Kier molecular flexibility index (Phi) is 7.47. The first-order valence-electron chi connectivity index (χ1n) is 12.3. The van der Waals surface area contributed by atoms with Crippen LogP contribution in [0.5, 0.6) is 0 Å². The van der Waals surface area contributed by atoms with Crippen LogP contribution in [0.25, 0.3) is 0 Å². The monoisotopic (exact) mass is 461 g/mol. The van der Waals surface area contributed by atoms with E-state index in [2.05, 4.69) is 56.0 Å². The van der Waals surface area contributed by atoms with Crippen LogP contribution in [0.15, 0.2) is 47.6 Å². The molecule has 6 nitrogen and oxygen atoms in total. The molecule has 0 saturated carbocycles. The smallest absolute Gasteiger partial charge is 0.310 e. The lowest BCUT2D eigenvalue weighted by Gasteiger charge is -2.32. The highest BCUT2D eigenvalue weighted by Crippen LogP contribution is 2.35. The summed E-state index contributed by atoms with van der Waals surface area (Å²) in [5.41, 5.74) is 6.68. The van der Waals surface area contributed by atoms with E-state index in [0.717, 1.165) is 47.4 Å². The van der Waals surface area contributed by atoms with Crippen LogP contribution in [0.2, 0.25) is 0 Å². The van der Waals surface area contributed by atoms with Gasteiger partial charge in [-0.2, -0.15) is 5.10 Å². The Balaban J connectivity index is 1.58. The predicted octanol–water partition coefficient (Wildman–Crippen LogP) is 4.56. The second-order valence-corrected chi connectivity index (χ2v) is 9.51. The second kappa shape index (κ2) is 10.5. The normalized spacial score (nSPS) is 20.8. The highest BCUT2D eigenvalue weighted by molar-refractivity contribution is 6.04. The number of hydrogen-bond donors (Lipinski definition) is 0. The molecule has 2 heterocycles. The van der Waals surface area contributed by atoms with Crippen LogP contribution in [0, 0.1) is 26.7 Å². The number of nitrogens with zero attached hydrogens (tertiary/aromatic N) is 3. The first kappa shape index (κ1) is 24.1. The minimum Gasteiger partial charge on any atom is -0.466 e. The lowest BCUT2D eigenvalue weighted by Crippen LogP contribution is -2.44. The number of benzene rings is 2. The minimum absolute atomic E-state index is 0.0296. The molecular formula is C28H35N3O3. The molecule has 6 heteroatoms. The maximum atomic E-state index is 13.6. The molecule has 2 aromatic carbocycles. The summed E-state index contributed by atoms with van der Waals surface area (Å²) in [5, 5.41) is 6.58. The van der Waals surface area contributed by atoms with Gasteiger partial charge in [-0.25, -0.2) is 5.01 Å². The number of amides is 1. The van der Waals surface area contributed by atoms with Crippen molar-refractivity contribution in [1.29, 1.82) is 0 Å². The van der Waals surface area contributed by atoms with Crippen molar-refractivity contribution >= 4 is 17.6 Å². The van der Waals surface area contributed by atoms with Crippen molar-refractivity contribution in [3.8, 4) is 0 Å². The maximum absolute atomic E-state index is 13.6. The van der Waals surface area contributed by atoms with Gasteiger partial charge < -0.3 is 4.74 Å². The summed E-state index contributed by atoms with van der Waals surface area (Å²) < 4.78 is 5.22. The van der Waals surface area contributed by atoms with Crippen LogP contribution < -0.4 is 0 Å². The number of aryl methyl sites for hydroxylation is 3. The molecule has 1 saturated heterocycles. The van der Waals surface area contributed by atoms with Crippen molar-refractivity contribution in [2.45, 2.75) is 53.0 Å². The Morgan fingerprint density at radius 3 is 2.65 bits per heavy atom. The van der Waals surface area contributed by atoms with E-state index in [0.29, 0.717) is 19.6 Å². The van der Waals surface area contributed by atoms with E-state index in [1.54, 1.807) is 5.01 Å². The van der Waals surface area contributed by atoms with Gasteiger partial charge in [0.05, 0.1) is 30.8 Å². The molecule has 0 unspecified atom stereocenters. The number of carbonyl (C=O) groups is 2. The molecule has 2 atom stereocenters. The maximum Gasteiger partial charge on any atom is 0.310 e. The van der Waals surface area contributed by atoms with E-state index in [9.17, 15) is 9.59 Å². The van der Waals surface area contributed by atoms with Crippen molar-refractivity contribution in [3.05, 3.63) is 70.3 Å². The van der Waals surface area contributed by atoms with Gasteiger partial charge in [0.15, 0.2) is 0 Å². The quantitative estimate of drug-likeness (QED) is 0.592. The fourth-order valence-electron chi connectivity index (χ4n) is 5.07. The van der Waals surface area contributed by atoms with Crippen LogP contribution in [-0.4, -0.2) is 53.7 Å². The molecule has 0 radical (unpaired) electrons. The number of rotatable bonds is 6. The van der Waals surface area contributed by atoms with Crippen molar-refractivity contribution in [2.75, 3.05) is 26.2 Å². The summed E-state index contributed by atoms with van der Waals surface area (Å²) >= 11 is 0. The van der Waals surface area contributed by atoms with Crippen molar-refractivity contribution in [1.82, 2.24) is 9.91 Å². The highest BCUT2D eigenvalue weighted by Gasteiger charge is 2.36. The summed E-state index contributed by atoms with van der Waals surface area (Å²) in [6.45, 7) is 10.1. The third-order valence-electron chi connectivity index (χ3n) is 6.90. The van der Waals surface area contributed by atoms with E-state index in [1.165, 1.54) is 5.56 Å². The number of likely N-dealkylation sites (tertiary alicyclic amines) is 1. The second-order valence-electron chi connectivity index (χ2n) is 9.51. The Labute approximate surface area is 202 Å². The van der Waals surface area contributed by atoms with Gasteiger partial charge in [-0.15, -0.1) is 0 Å². The van der Waals surface area contributed by atoms with Gasteiger partial charge in [0.25, 0.3) is 5.91 Å². The Hall–Kier alpha value is -2.99. The van der Waals surface area contributed by atoms with E-state index in [4.69, 9.17) is 9.84 Å². The molecule has 1 amide bonds. The molecule has 0 spiro atoms. The van der Waals surface area contributed by atoms with Gasteiger partial charge in [-0.3, -0.25) is 14.5 Å². The number of piperidine rings is 1. The average molecular weight is 462 g/mol. The van der Waals surface area contributed by atoms with Crippen LogP contribution in [-0.2, 0) is 14.3 Å². The number of esters is 1. The summed E-state index contributed by atoms with van der Waals surface area (Å²) in [5.74, 6) is -0.354. The molecule has 0 bridgehead atoms. The molecule has 0 aliphatic carbocycles. The molecule has 2 aliphatic heterocycles. The predicted molar refractivity (Wildman–Crippen MR) is 134 cm³/mol. The third kappa shape index (κ3) is 5.22. The molecule has 34 heavy (non-hydrogen) atoms. The zero-order valence-corrected chi connectivity index (χ0v) is 20.7. The largest absolute Gasteiger partial charge is 0.466 e. The Morgan fingerprint density at radius 2 is 1.88 bits per heavy atom. The van der Waals surface area contributed by atoms with Gasteiger partial charge in [0, 0.05) is 18.5 Å². The molecule has 0 aromatic heterocycles. The van der Waals surface area contributed by atoms with Crippen LogP contribution in [0.1, 0.15) is 60.0 Å². The molecule has 4 rings (SSSR count). The molecule has 0 N–H and O–H groups in total. The van der Waals surface area contributed by atoms with Crippen molar-refractivity contribution < 1.29 is 14.3 Å². The summed E-state index contributed by atoms with van der Waals surface area (Å²) in [4.78, 5) is 27.9. The van der Waals surface area contributed by atoms with Crippen LogP contribution in [0.3, 0.4) is 0 Å². The zero-order chi connectivity index (χ0) is 24.2. The van der Waals surface area contributed by atoms with Gasteiger partial charge in [0.2, 0.25) is 0 Å². The SMILES string of the molecule is CCOC(=O)[C@@H]1CCCN(CC(=O)N2N=C(c3cc(C)ccc3C)C[C@@H]2c2ccccc2C)C1. The van der Waals surface area contributed by atoms with Crippen LogP contribution >= 0.6 is 0 Å². The lowest BCUT2D eigenvalue weighted by molar-refractivity contribution is -0.150. The van der Waals surface area contributed by atoms with Crippen molar-refractivity contribution in [3.63, 3.8) is 0 Å². The van der Waals surface area contributed by atoms with Crippen molar-refractivity contribution in [2.24, 2.45) is 11.0 Å². The molecule has 1 fully saturated rings. The van der Waals surface area contributed by atoms with E-state index < -0.39 is 0 Å². The third-order valence-corrected chi connectivity index (χ3v) is 6.90. The number of carbonyl (C=O) groups excluding carboxylic acids is 2. The molecule has 2 aliphatic rings. The van der Waals surface area contributed by atoms with Gasteiger partial charge >= 0.3 is 5.97 Å². The number of hydrazone groups is 1. The first-order chi connectivity index (χ1) is 16.4. The standard InChI is InChI=1S/C28H35N3O3/c1-5-34-28(33)22-10-8-14-30(17-22)18-27(32)31-26(23-11-7-6-9-20(23)3)16-25(29-31)24-15-19(2)12-13-21(24)4/h6-7,9,11-13,15,22,26H,5,8,10,14,16-18H2,1-4H3/t22-,26-/m1/s1. The summed E-state index contributed by atoms with van der Waals surface area (Å²) in [7, 11) is 0. The Morgan fingerprint density at radius 1 is 1.09 bits per heavy atom. The highest BCUT2D eigenvalue weighted by atomic mass is 16.5. The van der Waals surface area contributed by atoms with E-state index >= 15 is 0 Å². The Bertz CT molecular complexity index is 1090. The minimum atomic E-state index is -0.166. The van der Waals surface area contributed by atoms with Gasteiger partial charge in [0.1, 0.15) is 0 Å². The van der Waals surface area contributed by atoms with E-state index in [1.807, 2.05) is 19.1 Å². The van der Waals surface area contributed by atoms with E-state index in [-0.39, 0.29) is 30.4 Å².